The van der Waals surface area contributed by atoms with Crippen LogP contribution in [-0.2, 0) is 0 Å². The molecule has 1 fully saturated rings. The van der Waals surface area contributed by atoms with E-state index < -0.39 is 24.8 Å². The van der Waals surface area contributed by atoms with Gasteiger partial charge in [0.15, 0.2) is 0 Å². The summed E-state index contributed by atoms with van der Waals surface area (Å²) in [6.45, 7) is -0.564. The molecule has 1 N–H and O–H groups in total. The van der Waals surface area contributed by atoms with Crippen LogP contribution in [0.2, 0.25) is 0 Å². The molecule has 8 heteroatoms. The fourth-order valence-corrected chi connectivity index (χ4v) is 2.30. The predicted molar refractivity (Wildman–Crippen MR) is 71.4 cm³/mol. The fraction of sp³-hybridized carbons (Fsp3) is 0.500. The van der Waals surface area contributed by atoms with Crippen molar-refractivity contribution in [2.75, 3.05) is 32.7 Å². The lowest BCUT2D eigenvalue weighted by Crippen LogP contribution is -2.52. The molecule has 0 atom stereocenters. The van der Waals surface area contributed by atoms with Crippen molar-refractivity contribution in [3.63, 3.8) is 0 Å². The summed E-state index contributed by atoms with van der Waals surface area (Å²) in [4.78, 5) is 14.8. The van der Waals surface area contributed by atoms with Crippen LogP contribution in [0.5, 0.6) is 5.75 Å². The smallest absolute Gasteiger partial charge is 0.319 e. The number of hydrogen-bond donors (Lipinski definition) is 1. The third-order valence-electron chi connectivity index (χ3n) is 3.55. The van der Waals surface area contributed by atoms with Gasteiger partial charge >= 0.3 is 12.3 Å². The van der Waals surface area contributed by atoms with Crippen molar-refractivity contribution in [1.29, 1.82) is 0 Å². The molecule has 1 aliphatic rings. The van der Waals surface area contributed by atoms with Crippen LogP contribution in [0.25, 0.3) is 0 Å². The zero-order valence-electron chi connectivity index (χ0n) is 11.7. The van der Waals surface area contributed by atoms with Gasteiger partial charge in [0.1, 0.15) is 5.75 Å². The Labute approximate surface area is 124 Å². The SMILES string of the molecule is O=C(c1ccccc1O)N1CCN(CC(F)(F)C(F)F)CC1. The summed E-state index contributed by atoms with van der Waals surface area (Å²) in [6.07, 6.45) is -3.70. The van der Waals surface area contributed by atoms with Crippen molar-refractivity contribution in [3.05, 3.63) is 29.8 Å². The summed E-state index contributed by atoms with van der Waals surface area (Å²) < 4.78 is 50.3. The molecule has 4 nitrogen and oxygen atoms in total. The van der Waals surface area contributed by atoms with Crippen LogP contribution < -0.4 is 0 Å². The van der Waals surface area contributed by atoms with E-state index in [2.05, 4.69) is 0 Å². The van der Waals surface area contributed by atoms with Gasteiger partial charge in [-0.05, 0) is 12.1 Å². The summed E-state index contributed by atoms with van der Waals surface area (Å²) in [5, 5.41) is 9.64. The zero-order valence-corrected chi connectivity index (χ0v) is 11.7. The molecule has 22 heavy (non-hydrogen) atoms. The van der Waals surface area contributed by atoms with Crippen LogP contribution in [0.15, 0.2) is 24.3 Å². The fourth-order valence-electron chi connectivity index (χ4n) is 2.30. The van der Waals surface area contributed by atoms with E-state index in [4.69, 9.17) is 0 Å². The van der Waals surface area contributed by atoms with Crippen LogP contribution in [0.4, 0.5) is 17.6 Å². The molecule has 0 spiro atoms. The van der Waals surface area contributed by atoms with Gasteiger partial charge in [-0.15, -0.1) is 0 Å². The van der Waals surface area contributed by atoms with E-state index in [-0.39, 0.29) is 37.5 Å². The van der Waals surface area contributed by atoms with Gasteiger partial charge in [0, 0.05) is 26.2 Å². The normalized spacial score (nSPS) is 17.0. The van der Waals surface area contributed by atoms with E-state index >= 15 is 0 Å². The Kier molecular flexibility index (Phi) is 4.90. The van der Waals surface area contributed by atoms with Gasteiger partial charge in [0.2, 0.25) is 0 Å². The molecular weight excluding hydrogens is 304 g/mol. The third kappa shape index (κ3) is 3.68. The van der Waals surface area contributed by atoms with Crippen LogP contribution in [0.1, 0.15) is 10.4 Å². The summed E-state index contributed by atoms with van der Waals surface area (Å²) in [7, 11) is 0. The average molecular weight is 320 g/mol. The second-order valence-electron chi connectivity index (χ2n) is 5.15. The number of piperazine rings is 1. The number of alkyl halides is 4. The Hall–Kier alpha value is -1.83. The number of amides is 1. The first-order chi connectivity index (χ1) is 10.3. The second-order valence-corrected chi connectivity index (χ2v) is 5.15. The maximum atomic E-state index is 13.0. The van der Waals surface area contributed by atoms with Gasteiger partial charge in [-0.1, -0.05) is 12.1 Å². The minimum absolute atomic E-state index is 0.0850. The number of phenols is 1. The van der Waals surface area contributed by atoms with Gasteiger partial charge in [0.05, 0.1) is 12.1 Å². The number of hydrogen-bond acceptors (Lipinski definition) is 3. The van der Waals surface area contributed by atoms with E-state index in [1.165, 1.54) is 21.9 Å². The van der Waals surface area contributed by atoms with Crippen molar-refractivity contribution in [2.24, 2.45) is 0 Å². The molecule has 0 bridgehead atoms. The number of rotatable bonds is 4. The number of benzene rings is 1. The van der Waals surface area contributed by atoms with Gasteiger partial charge in [0.25, 0.3) is 5.91 Å². The van der Waals surface area contributed by atoms with Crippen LogP contribution in [0, 0.1) is 0 Å². The maximum absolute atomic E-state index is 13.0. The highest BCUT2D eigenvalue weighted by atomic mass is 19.3. The molecular formula is C14H16F4N2O2. The molecule has 122 valence electrons. The molecule has 1 saturated heterocycles. The molecule has 1 aliphatic heterocycles. The topological polar surface area (TPSA) is 43.8 Å². The van der Waals surface area contributed by atoms with Crippen molar-refractivity contribution in [2.45, 2.75) is 12.3 Å². The number of phenolic OH excluding ortho intramolecular Hbond substituents is 1. The highest BCUT2D eigenvalue weighted by molar-refractivity contribution is 5.96. The summed E-state index contributed by atoms with van der Waals surface area (Å²) in [5.74, 6) is -4.61. The van der Waals surface area contributed by atoms with Crippen LogP contribution in [0.3, 0.4) is 0 Å². The van der Waals surface area contributed by atoms with Crippen molar-refractivity contribution < 1.29 is 27.5 Å². The maximum Gasteiger partial charge on any atom is 0.319 e. The molecule has 1 aromatic rings. The highest BCUT2D eigenvalue weighted by Crippen LogP contribution is 2.25. The van der Waals surface area contributed by atoms with Gasteiger partial charge in [-0.3, -0.25) is 9.69 Å². The van der Waals surface area contributed by atoms with Crippen molar-refractivity contribution in [1.82, 2.24) is 9.80 Å². The average Bonchev–Trinajstić information content (AvgIpc) is 2.47. The number of para-hydroxylation sites is 1. The minimum Gasteiger partial charge on any atom is -0.507 e. The Bertz CT molecular complexity index is 531. The summed E-state index contributed by atoms with van der Waals surface area (Å²) >= 11 is 0. The number of carbonyl (C=O) groups excluding carboxylic acids is 1. The van der Waals surface area contributed by atoms with Gasteiger partial charge < -0.3 is 10.0 Å². The Morgan fingerprint density at radius 3 is 2.32 bits per heavy atom. The molecule has 2 rings (SSSR count). The zero-order chi connectivity index (χ0) is 16.3. The van der Waals surface area contributed by atoms with Gasteiger partial charge in [-0.2, -0.15) is 8.78 Å². The Morgan fingerprint density at radius 2 is 1.77 bits per heavy atom. The van der Waals surface area contributed by atoms with E-state index in [0.29, 0.717) is 0 Å². The standard InChI is InChI=1S/C14H16F4N2O2/c15-13(16)14(17,18)9-19-5-7-20(8-6-19)12(22)10-3-1-2-4-11(10)21/h1-4,13,21H,5-9H2. The van der Waals surface area contributed by atoms with E-state index in [1.807, 2.05) is 0 Å². The molecule has 1 aromatic carbocycles. The summed E-state index contributed by atoms with van der Waals surface area (Å²) in [6, 6.07) is 6.03. The quantitative estimate of drug-likeness (QED) is 0.864. The number of aromatic hydroxyl groups is 1. The lowest BCUT2D eigenvalue weighted by Gasteiger charge is -2.36. The van der Waals surface area contributed by atoms with E-state index in [9.17, 15) is 27.5 Å². The summed E-state index contributed by atoms with van der Waals surface area (Å²) in [5.41, 5.74) is 0.133. The minimum atomic E-state index is -4.05. The molecule has 0 aliphatic carbocycles. The molecule has 0 unspecified atom stereocenters. The largest absolute Gasteiger partial charge is 0.507 e. The highest BCUT2D eigenvalue weighted by Gasteiger charge is 2.42. The van der Waals surface area contributed by atoms with Crippen LogP contribution in [-0.4, -0.2) is 65.9 Å². The molecule has 1 amide bonds. The lowest BCUT2D eigenvalue weighted by atomic mass is 10.1. The van der Waals surface area contributed by atoms with Crippen molar-refractivity contribution in [3.8, 4) is 5.75 Å². The first-order valence-electron chi connectivity index (χ1n) is 6.77. The first-order valence-corrected chi connectivity index (χ1v) is 6.77. The number of carbonyl (C=O) groups is 1. The number of halogens is 4. The first kappa shape index (κ1) is 16.5. The predicted octanol–water partition coefficient (Wildman–Crippen LogP) is 2.05. The molecule has 1 heterocycles. The van der Waals surface area contributed by atoms with E-state index in [0.717, 1.165) is 0 Å². The van der Waals surface area contributed by atoms with Crippen LogP contribution >= 0.6 is 0 Å². The third-order valence-corrected chi connectivity index (χ3v) is 3.55. The monoisotopic (exact) mass is 320 g/mol. The molecule has 0 aromatic heterocycles. The lowest BCUT2D eigenvalue weighted by molar-refractivity contribution is -0.144. The molecule has 0 radical (unpaired) electrons. The second kappa shape index (κ2) is 6.51. The molecule has 0 saturated carbocycles. The van der Waals surface area contributed by atoms with E-state index in [1.54, 1.807) is 12.1 Å². The van der Waals surface area contributed by atoms with Gasteiger partial charge in [-0.25, -0.2) is 8.78 Å². The van der Waals surface area contributed by atoms with Crippen molar-refractivity contribution >= 4 is 5.91 Å². The Balaban J connectivity index is 1.93. The number of nitrogens with zero attached hydrogens (tertiary/aromatic N) is 2. The Morgan fingerprint density at radius 1 is 1.18 bits per heavy atom.